The number of piperidine rings is 1. The highest BCUT2D eigenvalue weighted by Gasteiger charge is 2.20. The molecule has 0 spiro atoms. The minimum absolute atomic E-state index is 0.219. The number of para-hydroxylation sites is 1. The quantitative estimate of drug-likeness (QED) is 0.555. The van der Waals surface area contributed by atoms with E-state index in [1.807, 2.05) is 29.2 Å². The Morgan fingerprint density at radius 3 is 2.57 bits per heavy atom. The zero-order valence-electron chi connectivity index (χ0n) is 16.1. The van der Waals surface area contributed by atoms with Crippen molar-refractivity contribution in [2.75, 3.05) is 18.8 Å². The van der Waals surface area contributed by atoms with Crippen molar-refractivity contribution in [1.29, 1.82) is 0 Å². The highest BCUT2D eigenvalue weighted by molar-refractivity contribution is 8.00. The number of thioether (sulfide) groups is 1. The number of hydrogen-bond acceptors (Lipinski definition) is 2. The Kier molecular flexibility index (Phi) is 5.72. The van der Waals surface area contributed by atoms with Crippen LogP contribution in [0.2, 0.25) is 0 Å². The number of rotatable bonds is 5. The number of aromatic nitrogens is 1. The van der Waals surface area contributed by atoms with Crippen LogP contribution in [0.4, 0.5) is 4.39 Å². The second kappa shape index (κ2) is 8.39. The molecule has 1 fully saturated rings. The van der Waals surface area contributed by atoms with E-state index in [0.717, 1.165) is 53.2 Å². The number of hydrogen-bond donors (Lipinski definition) is 0. The zero-order valence-corrected chi connectivity index (χ0v) is 16.9. The van der Waals surface area contributed by atoms with E-state index in [2.05, 4.69) is 29.8 Å². The molecule has 0 N–H and O–H groups in total. The van der Waals surface area contributed by atoms with Crippen LogP contribution in [-0.4, -0.2) is 34.2 Å². The smallest absolute Gasteiger partial charge is 0.232 e. The molecule has 146 valence electrons. The predicted octanol–water partition coefficient (Wildman–Crippen LogP) is 5.18. The summed E-state index contributed by atoms with van der Waals surface area (Å²) in [5, 5.41) is 1.16. The fraction of sp³-hybridized carbons (Fsp3) is 0.348. The van der Waals surface area contributed by atoms with Crippen molar-refractivity contribution in [3.05, 3.63) is 66.1 Å². The van der Waals surface area contributed by atoms with Gasteiger partial charge >= 0.3 is 0 Å². The maximum absolute atomic E-state index is 13.2. The predicted molar refractivity (Wildman–Crippen MR) is 113 cm³/mol. The van der Waals surface area contributed by atoms with Gasteiger partial charge in [-0.1, -0.05) is 37.3 Å². The van der Waals surface area contributed by atoms with Crippen molar-refractivity contribution in [1.82, 2.24) is 9.47 Å². The van der Waals surface area contributed by atoms with Gasteiger partial charge in [-0.2, -0.15) is 0 Å². The molecule has 4 rings (SSSR count). The molecule has 28 heavy (non-hydrogen) atoms. The second-order valence-corrected chi connectivity index (χ2v) is 8.63. The molecule has 1 saturated heterocycles. The van der Waals surface area contributed by atoms with Crippen LogP contribution >= 0.6 is 11.8 Å². The summed E-state index contributed by atoms with van der Waals surface area (Å²) >= 11 is 1.61. The highest BCUT2D eigenvalue weighted by Crippen LogP contribution is 2.31. The van der Waals surface area contributed by atoms with Gasteiger partial charge in [0.2, 0.25) is 5.91 Å². The van der Waals surface area contributed by atoms with E-state index in [9.17, 15) is 9.18 Å². The molecule has 1 amide bonds. The van der Waals surface area contributed by atoms with Crippen molar-refractivity contribution < 1.29 is 9.18 Å². The number of halogens is 1. The number of benzene rings is 2. The first-order chi connectivity index (χ1) is 13.6. The van der Waals surface area contributed by atoms with Gasteiger partial charge in [0.1, 0.15) is 5.82 Å². The Balaban J connectivity index is 1.49. The van der Waals surface area contributed by atoms with E-state index in [0.29, 0.717) is 12.3 Å². The van der Waals surface area contributed by atoms with Gasteiger partial charge < -0.3 is 9.47 Å². The van der Waals surface area contributed by atoms with Gasteiger partial charge in [0.05, 0.1) is 5.75 Å². The summed E-state index contributed by atoms with van der Waals surface area (Å²) in [4.78, 5) is 15.7. The average Bonchev–Trinajstić information content (AvgIpc) is 3.06. The second-order valence-electron chi connectivity index (χ2n) is 7.62. The van der Waals surface area contributed by atoms with E-state index in [1.165, 1.54) is 12.1 Å². The Morgan fingerprint density at radius 2 is 1.82 bits per heavy atom. The van der Waals surface area contributed by atoms with Crippen molar-refractivity contribution >= 4 is 28.6 Å². The van der Waals surface area contributed by atoms with Crippen LogP contribution in [0.3, 0.4) is 0 Å². The van der Waals surface area contributed by atoms with E-state index in [-0.39, 0.29) is 11.7 Å². The first-order valence-corrected chi connectivity index (χ1v) is 10.8. The molecule has 5 heteroatoms. The van der Waals surface area contributed by atoms with Crippen LogP contribution in [0.15, 0.2) is 59.6 Å². The summed E-state index contributed by atoms with van der Waals surface area (Å²) in [6, 6.07) is 14.9. The zero-order chi connectivity index (χ0) is 19.5. The lowest BCUT2D eigenvalue weighted by molar-refractivity contribution is -0.129. The SMILES string of the molecule is CC1CCN(C(=O)CSc2cn(Cc3ccc(F)cc3)c3ccccc23)CC1. The summed E-state index contributed by atoms with van der Waals surface area (Å²) in [7, 11) is 0. The van der Waals surface area contributed by atoms with Crippen LogP contribution in [0.5, 0.6) is 0 Å². The maximum atomic E-state index is 13.2. The Labute approximate surface area is 169 Å². The van der Waals surface area contributed by atoms with E-state index < -0.39 is 0 Å². The Hall–Kier alpha value is -2.27. The molecule has 2 heterocycles. The van der Waals surface area contributed by atoms with Gasteiger partial charge in [0.25, 0.3) is 0 Å². The van der Waals surface area contributed by atoms with Gasteiger partial charge in [0, 0.05) is 41.6 Å². The lowest BCUT2D eigenvalue weighted by Crippen LogP contribution is -2.38. The van der Waals surface area contributed by atoms with Crippen LogP contribution in [0.25, 0.3) is 10.9 Å². The highest BCUT2D eigenvalue weighted by atomic mass is 32.2. The van der Waals surface area contributed by atoms with Crippen molar-refractivity contribution in [3.63, 3.8) is 0 Å². The molecule has 3 aromatic rings. The number of carbonyl (C=O) groups is 1. The van der Waals surface area contributed by atoms with Gasteiger partial charge in [-0.3, -0.25) is 4.79 Å². The van der Waals surface area contributed by atoms with Crippen LogP contribution in [0, 0.1) is 11.7 Å². The van der Waals surface area contributed by atoms with Gasteiger partial charge in [-0.25, -0.2) is 4.39 Å². The normalized spacial score (nSPS) is 15.3. The number of carbonyl (C=O) groups excluding carboxylic acids is 1. The molecule has 0 saturated carbocycles. The van der Waals surface area contributed by atoms with E-state index >= 15 is 0 Å². The summed E-state index contributed by atoms with van der Waals surface area (Å²) in [5.74, 6) is 1.20. The van der Waals surface area contributed by atoms with E-state index in [4.69, 9.17) is 0 Å². The fourth-order valence-electron chi connectivity index (χ4n) is 3.73. The molecule has 0 aliphatic carbocycles. The number of nitrogens with zero attached hydrogens (tertiary/aromatic N) is 2. The van der Waals surface area contributed by atoms with Gasteiger partial charge in [-0.15, -0.1) is 11.8 Å². The largest absolute Gasteiger partial charge is 0.342 e. The third kappa shape index (κ3) is 4.25. The third-order valence-corrected chi connectivity index (χ3v) is 6.53. The molecule has 1 aliphatic heterocycles. The number of amides is 1. The number of fused-ring (bicyclic) bond motifs is 1. The van der Waals surface area contributed by atoms with Crippen LogP contribution < -0.4 is 0 Å². The minimum atomic E-state index is -0.219. The topological polar surface area (TPSA) is 25.2 Å². The summed E-state index contributed by atoms with van der Waals surface area (Å²) in [5.41, 5.74) is 2.19. The maximum Gasteiger partial charge on any atom is 0.232 e. The minimum Gasteiger partial charge on any atom is -0.342 e. The van der Waals surface area contributed by atoms with Crippen LogP contribution in [-0.2, 0) is 11.3 Å². The van der Waals surface area contributed by atoms with Crippen molar-refractivity contribution in [2.24, 2.45) is 5.92 Å². The molecule has 0 unspecified atom stereocenters. The third-order valence-electron chi connectivity index (χ3n) is 5.51. The number of likely N-dealkylation sites (tertiary alicyclic amines) is 1. The molecular weight excluding hydrogens is 371 g/mol. The Bertz CT molecular complexity index is 958. The molecular formula is C23H25FN2OS. The average molecular weight is 397 g/mol. The Morgan fingerprint density at radius 1 is 1.11 bits per heavy atom. The first kappa shape index (κ1) is 19.1. The molecule has 0 bridgehead atoms. The van der Waals surface area contributed by atoms with Crippen molar-refractivity contribution in [2.45, 2.75) is 31.2 Å². The molecule has 2 aromatic carbocycles. The molecule has 1 aliphatic rings. The van der Waals surface area contributed by atoms with Crippen molar-refractivity contribution in [3.8, 4) is 0 Å². The van der Waals surface area contributed by atoms with Crippen LogP contribution in [0.1, 0.15) is 25.3 Å². The lowest BCUT2D eigenvalue weighted by Gasteiger charge is -2.30. The summed E-state index contributed by atoms with van der Waals surface area (Å²) in [6.45, 7) is 4.70. The summed E-state index contributed by atoms with van der Waals surface area (Å²) < 4.78 is 15.4. The molecule has 1 aromatic heterocycles. The first-order valence-electron chi connectivity index (χ1n) is 9.83. The molecule has 3 nitrogen and oxygen atoms in total. The monoisotopic (exact) mass is 396 g/mol. The fourth-order valence-corrected chi connectivity index (χ4v) is 4.73. The van der Waals surface area contributed by atoms with E-state index in [1.54, 1.807) is 11.8 Å². The molecule has 0 radical (unpaired) electrons. The van der Waals surface area contributed by atoms with Gasteiger partial charge in [-0.05, 0) is 42.5 Å². The lowest BCUT2D eigenvalue weighted by atomic mass is 9.99. The summed E-state index contributed by atoms with van der Waals surface area (Å²) in [6.07, 6.45) is 4.32. The molecule has 0 atom stereocenters. The van der Waals surface area contributed by atoms with Gasteiger partial charge in [0.15, 0.2) is 0 Å². The standard InChI is InChI=1S/C23H25FN2OS/c1-17-10-12-25(13-11-17)23(27)16-28-22-15-26(21-5-3-2-4-20(21)22)14-18-6-8-19(24)9-7-18/h2-9,15,17H,10-14,16H2,1H3.